The molecule has 2 fully saturated rings. The number of anilines is 1. The average molecular weight is 502 g/mol. The van der Waals surface area contributed by atoms with Crippen LogP contribution in [0.3, 0.4) is 0 Å². The van der Waals surface area contributed by atoms with Crippen molar-refractivity contribution in [2.45, 2.75) is 58.5 Å². The van der Waals surface area contributed by atoms with Crippen LogP contribution in [-0.2, 0) is 11.3 Å². The Balaban J connectivity index is 1.25. The molecule has 0 aliphatic carbocycles. The third-order valence-electron chi connectivity index (χ3n) is 8.10. The number of benzene rings is 2. The van der Waals surface area contributed by atoms with Gasteiger partial charge >= 0.3 is 0 Å². The lowest BCUT2D eigenvalue weighted by molar-refractivity contribution is -0.125. The van der Waals surface area contributed by atoms with Gasteiger partial charge in [0.2, 0.25) is 5.91 Å². The highest BCUT2D eigenvalue weighted by Gasteiger charge is 2.28. The summed E-state index contributed by atoms with van der Waals surface area (Å²) in [6, 6.07) is 16.8. The zero-order valence-electron chi connectivity index (χ0n) is 22.2. The minimum atomic E-state index is -0.0715. The van der Waals surface area contributed by atoms with E-state index in [1.54, 1.807) is 0 Å². The van der Waals surface area contributed by atoms with Gasteiger partial charge in [0.25, 0.3) is 5.56 Å². The van der Waals surface area contributed by atoms with Gasteiger partial charge in [0.15, 0.2) is 5.82 Å². The third-order valence-corrected chi connectivity index (χ3v) is 8.10. The molecule has 1 atom stereocenters. The molecule has 2 aliphatic rings. The third kappa shape index (κ3) is 5.87. The zero-order valence-corrected chi connectivity index (χ0v) is 22.2. The maximum atomic E-state index is 13.7. The first kappa shape index (κ1) is 25.5. The second-order valence-electron chi connectivity index (χ2n) is 10.7. The number of hydrogen-bond donors (Lipinski definition) is 1. The zero-order chi connectivity index (χ0) is 25.8. The van der Waals surface area contributed by atoms with Gasteiger partial charge in [-0.3, -0.25) is 19.1 Å². The molecule has 2 aromatic carbocycles. The summed E-state index contributed by atoms with van der Waals surface area (Å²) in [4.78, 5) is 35.9. The molecule has 196 valence electrons. The molecule has 0 unspecified atom stereocenters. The molecule has 37 heavy (non-hydrogen) atoms. The number of likely N-dealkylation sites (tertiary alicyclic amines) is 1. The van der Waals surface area contributed by atoms with Gasteiger partial charge in [-0.25, -0.2) is 4.98 Å². The number of nitrogens with zero attached hydrogens (tertiary/aromatic N) is 4. The number of aromatic nitrogens is 2. The van der Waals surface area contributed by atoms with E-state index < -0.39 is 0 Å². The summed E-state index contributed by atoms with van der Waals surface area (Å²) < 4.78 is 1.84. The molecule has 5 rings (SSSR count). The highest BCUT2D eigenvalue weighted by Crippen LogP contribution is 2.23. The van der Waals surface area contributed by atoms with Crippen molar-refractivity contribution in [1.29, 1.82) is 0 Å². The van der Waals surface area contributed by atoms with Crippen molar-refractivity contribution in [2.75, 3.05) is 37.6 Å². The quantitative estimate of drug-likeness (QED) is 0.531. The van der Waals surface area contributed by atoms with E-state index in [9.17, 15) is 9.59 Å². The molecule has 2 saturated heterocycles. The van der Waals surface area contributed by atoms with Crippen LogP contribution < -0.4 is 15.8 Å². The summed E-state index contributed by atoms with van der Waals surface area (Å²) in [6.45, 7) is 8.94. The lowest BCUT2D eigenvalue weighted by atomic mass is 9.96. The number of amides is 1. The van der Waals surface area contributed by atoms with Gasteiger partial charge in [-0.15, -0.1) is 0 Å². The number of para-hydroxylation sites is 2. The Bertz CT molecular complexity index is 1280. The fraction of sp³-hybridized carbons (Fsp3) is 0.500. The summed E-state index contributed by atoms with van der Waals surface area (Å²) in [6.07, 6.45) is 5.29. The van der Waals surface area contributed by atoms with Crippen LogP contribution in [0.1, 0.15) is 50.2 Å². The normalized spacial score (nSPS) is 19.3. The Labute approximate surface area is 219 Å². The molecule has 0 radical (unpaired) electrons. The van der Waals surface area contributed by atoms with Crippen LogP contribution in [0.4, 0.5) is 5.82 Å². The van der Waals surface area contributed by atoms with E-state index in [0.29, 0.717) is 38.0 Å². The molecule has 2 aliphatic heterocycles. The van der Waals surface area contributed by atoms with E-state index in [0.717, 1.165) is 42.5 Å². The molecule has 0 spiro atoms. The Morgan fingerprint density at radius 3 is 2.51 bits per heavy atom. The standard InChI is InChI=1S/C30H39N5O2/c1-22-10-12-24(13-11-22)21-35-27-9-4-3-8-26(27)32-28(30(35)37)34-18-14-25(15-19-34)29(36)31-16-20-33-17-6-5-7-23(33)2/h3-4,8-13,23,25H,5-7,14-21H2,1-2H3,(H,31,36)/t23-/m1/s1. The van der Waals surface area contributed by atoms with Crippen molar-refractivity contribution in [1.82, 2.24) is 19.8 Å². The maximum absolute atomic E-state index is 13.7. The number of rotatable bonds is 7. The van der Waals surface area contributed by atoms with Crippen LogP contribution in [0.5, 0.6) is 0 Å². The van der Waals surface area contributed by atoms with E-state index in [-0.39, 0.29) is 17.4 Å². The van der Waals surface area contributed by atoms with Gasteiger partial charge in [0.05, 0.1) is 17.6 Å². The topological polar surface area (TPSA) is 70.5 Å². The van der Waals surface area contributed by atoms with Crippen LogP contribution in [0.25, 0.3) is 11.0 Å². The van der Waals surface area contributed by atoms with Crippen molar-refractivity contribution >= 4 is 22.8 Å². The SMILES string of the molecule is Cc1ccc(Cn2c(=O)c(N3CCC(C(=O)NCCN4CCCC[C@H]4C)CC3)nc3ccccc32)cc1. The Morgan fingerprint density at radius 1 is 1.00 bits per heavy atom. The fourth-order valence-electron chi connectivity index (χ4n) is 5.73. The van der Waals surface area contributed by atoms with Gasteiger partial charge in [0, 0.05) is 38.1 Å². The summed E-state index contributed by atoms with van der Waals surface area (Å²) in [7, 11) is 0. The van der Waals surface area contributed by atoms with E-state index in [1.165, 1.54) is 24.8 Å². The van der Waals surface area contributed by atoms with Crippen molar-refractivity contribution in [3.05, 3.63) is 70.0 Å². The van der Waals surface area contributed by atoms with Gasteiger partial charge in [-0.05, 0) is 63.8 Å². The van der Waals surface area contributed by atoms with Crippen LogP contribution in [0, 0.1) is 12.8 Å². The van der Waals surface area contributed by atoms with Crippen molar-refractivity contribution in [2.24, 2.45) is 5.92 Å². The molecular weight excluding hydrogens is 462 g/mol. The van der Waals surface area contributed by atoms with Crippen molar-refractivity contribution < 1.29 is 4.79 Å². The number of aryl methyl sites for hydroxylation is 1. The molecule has 7 heteroatoms. The minimum Gasteiger partial charge on any atom is -0.355 e. The molecular formula is C30H39N5O2. The maximum Gasteiger partial charge on any atom is 0.294 e. The van der Waals surface area contributed by atoms with Crippen LogP contribution in [-0.4, -0.2) is 59.1 Å². The highest BCUT2D eigenvalue weighted by atomic mass is 16.2. The second-order valence-corrected chi connectivity index (χ2v) is 10.7. The van der Waals surface area contributed by atoms with Crippen LogP contribution in [0.15, 0.2) is 53.3 Å². The monoisotopic (exact) mass is 501 g/mol. The van der Waals surface area contributed by atoms with Gasteiger partial charge in [0.1, 0.15) is 0 Å². The summed E-state index contributed by atoms with van der Waals surface area (Å²) >= 11 is 0. The molecule has 1 amide bonds. The smallest absolute Gasteiger partial charge is 0.294 e. The highest BCUT2D eigenvalue weighted by molar-refractivity contribution is 5.79. The van der Waals surface area contributed by atoms with Gasteiger partial charge in [-0.1, -0.05) is 48.4 Å². The molecule has 1 aromatic heterocycles. The predicted octanol–water partition coefficient (Wildman–Crippen LogP) is 3.96. The molecule has 0 saturated carbocycles. The van der Waals surface area contributed by atoms with E-state index in [4.69, 9.17) is 4.98 Å². The molecule has 0 bridgehead atoms. The number of piperidine rings is 2. The number of nitrogens with one attached hydrogen (secondary N) is 1. The molecule has 3 heterocycles. The number of fused-ring (bicyclic) bond motifs is 1. The Kier molecular flexibility index (Phi) is 7.89. The largest absolute Gasteiger partial charge is 0.355 e. The lowest BCUT2D eigenvalue weighted by Gasteiger charge is -2.34. The fourth-order valence-corrected chi connectivity index (χ4v) is 5.73. The van der Waals surface area contributed by atoms with E-state index in [1.807, 2.05) is 28.8 Å². The predicted molar refractivity (Wildman–Crippen MR) is 149 cm³/mol. The first-order valence-electron chi connectivity index (χ1n) is 13.8. The second kappa shape index (κ2) is 11.5. The summed E-state index contributed by atoms with van der Waals surface area (Å²) in [5, 5.41) is 3.17. The van der Waals surface area contributed by atoms with E-state index in [2.05, 4.69) is 53.2 Å². The molecule has 3 aromatic rings. The average Bonchev–Trinajstić information content (AvgIpc) is 2.92. The van der Waals surface area contributed by atoms with Crippen LogP contribution in [0.2, 0.25) is 0 Å². The first-order valence-corrected chi connectivity index (χ1v) is 13.8. The molecule has 7 nitrogen and oxygen atoms in total. The lowest BCUT2D eigenvalue weighted by Crippen LogP contribution is -2.46. The first-order chi connectivity index (χ1) is 18.0. The van der Waals surface area contributed by atoms with Crippen molar-refractivity contribution in [3.8, 4) is 0 Å². The minimum absolute atomic E-state index is 0.00901. The Hall–Kier alpha value is -3.19. The summed E-state index contributed by atoms with van der Waals surface area (Å²) in [5.41, 5.74) is 3.87. The van der Waals surface area contributed by atoms with Gasteiger partial charge in [-0.2, -0.15) is 0 Å². The number of hydrogen-bond acceptors (Lipinski definition) is 5. The number of carbonyl (C=O) groups is 1. The number of carbonyl (C=O) groups excluding carboxylic acids is 1. The van der Waals surface area contributed by atoms with Crippen LogP contribution >= 0.6 is 0 Å². The molecule has 1 N–H and O–H groups in total. The Morgan fingerprint density at radius 2 is 1.76 bits per heavy atom. The van der Waals surface area contributed by atoms with Crippen molar-refractivity contribution in [3.63, 3.8) is 0 Å². The van der Waals surface area contributed by atoms with Gasteiger partial charge < -0.3 is 10.2 Å². The van der Waals surface area contributed by atoms with E-state index >= 15 is 0 Å². The summed E-state index contributed by atoms with van der Waals surface area (Å²) in [5.74, 6) is 0.626.